The Labute approximate surface area is 89.6 Å². The normalized spacial score (nSPS) is 11.5. The molecule has 0 aromatic heterocycles. The molecule has 0 unspecified atom stereocenters. The average Bonchev–Trinajstić information content (AvgIpc) is 2.15. The highest BCUT2D eigenvalue weighted by Gasteiger charge is 2.31. The van der Waals surface area contributed by atoms with Crippen LogP contribution in [0.25, 0.3) is 0 Å². The van der Waals surface area contributed by atoms with Crippen LogP contribution >= 0.6 is 11.8 Å². The molecule has 0 heterocycles. The van der Waals surface area contributed by atoms with Crippen molar-refractivity contribution in [1.82, 2.24) is 0 Å². The van der Waals surface area contributed by atoms with Crippen LogP contribution < -0.4 is 10.5 Å². The van der Waals surface area contributed by atoms with Gasteiger partial charge in [-0.05, 0) is 30.0 Å². The summed E-state index contributed by atoms with van der Waals surface area (Å²) < 4.78 is 39.5. The Morgan fingerprint density at radius 2 is 2.07 bits per heavy atom. The molecule has 0 bridgehead atoms. The Hall–Kier alpha value is -0.880. The number of hydrogen-bond acceptors (Lipinski definition) is 3. The molecule has 0 radical (unpaired) electrons. The minimum atomic E-state index is -4.66. The van der Waals surface area contributed by atoms with Gasteiger partial charge in [0.2, 0.25) is 0 Å². The Morgan fingerprint density at radius 1 is 1.40 bits per heavy atom. The lowest BCUT2D eigenvalue weighted by Gasteiger charge is -2.11. The summed E-state index contributed by atoms with van der Waals surface area (Å²) in [5, 5.41) is 0. The van der Waals surface area contributed by atoms with Crippen LogP contribution in [0.15, 0.2) is 23.1 Å². The van der Waals surface area contributed by atoms with Gasteiger partial charge in [0.05, 0.1) is 0 Å². The fraction of sp³-hybridized carbons (Fsp3) is 0.333. The standard InChI is InChI=1S/C9H10F3NOS/c1-15-8-3-2-7(4-6(8)5-13)14-9(10,11)12/h2-4H,5,13H2,1H3. The molecule has 0 amide bonds. The van der Waals surface area contributed by atoms with Crippen LogP contribution in [-0.2, 0) is 6.54 Å². The fourth-order valence-electron chi connectivity index (χ4n) is 1.11. The Balaban J connectivity index is 2.93. The molecule has 0 fully saturated rings. The summed E-state index contributed by atoms with van der Waals surface area (Å²) >= 11 is 1.43. The smallest absolute Gasteiger partial charge is 0.406 e. The number of thioether (sulfide) groups is 1. The van der Waals surface area contributed by atoms with Crippen LogP contribution in [-0.4, -0.2) is 12.6 Å². The Morgan fingerprint density at radius 3 is 2.53 bits per heavy atom. The quantitative estimate of drug-likeness (QED) is 0.821. The molecule has 2 nitrogen and oxygen atoms in total. The molecule has 0 spiro atoms. The van der Waals surface area contributed by atoms with Crippen molar-refractivity contribution >= 4 is 11.8 Å². The second kappa shape index (κ2) is 4.76. The van der Waals surface area contributed by atoms with Crippen molar-refractivity contribution in [2.45, 2.75) is 17.8 Å². The maximum atomic E-state index is 11.9. The maximum Gasteiger partial charge on any atom is 0.573 e. The molecule has 84 valence electrons. The van der Waals surface area contributed by atoms with Gasteiger partial charge in [-0.1, -0.05) is 0 Å². The molecule has 0 saturated heterocycles. The summed E-state index contributed by atoms with van der Waals surface area (Å²) in [6.45, 7) is 0.186. The topological polar surface area (TPSA) is 35.2 Å². The molecule has 1 rings (SSSR count). The van der Waals surface area contributed by atoms with Crippen LogP contribution in [0, 0.1) is 0 Å². The summed E-state index contributed by atoms with van der Waals surface area (Å²) in [7, 11) is 0. The Kier molecular flexibility index (Phi) is 3.87. The molecular formula is C9H10F3NOS. The molecular weight excluding hydrogens is 227 g/mol. The zero-order chi connectivity index (χ0) is 11.5. The summed E-state index contributed by atoms with van der Waals surface area (Å²) in [6, 6.07) is 4.14. The van der Waals surface area contributed by atoms with E-state index < -0.39 is 6.36 Å². The van der Waals surface area contributed by atoms with Crippen molar-refractivity contribution in [3.8, 4) is 5.75 Å². The van der Waals surface area contributed by atoms with Gasteiger partial charge in [-0.25, -0.2) is 0 Å². The van der Waals surface area contributed by atoms with Crippen molar-refractivity contribution < 1.29 is 17.9 Å². The molecule has 6 heteroatoms. The lowest BCUT2D eigenvalue weighted by molar-refractivity contribution is -0.274. The summed E-state index contributed by atoms with van der Waals surface area (Å²) in [5.74, 6) is -0.235. The molecule has 0 aliphatic heterocycles. The minimum absolute atomic E-state index is 0.186. The van der Waals surface area contributed by atoms with Crippen molar-refractivity contribution in [3.05, 3.63) is 23.8 Å². The molecule has 0 saturated carbocycles. The zero-order valence-electron chi connectivity index (χ0n) is 7.97. The van der Waals surface area contributed by atoms with Crippen LogP contribution in [0.4, 0.5) is 13.2 Å². The third-order valence-corrected chi connectivity index (χ3v) is 2.54. The van der Waals surface area contributed by atoms with Gasteiger partial charge >= 0.3 is 6.36 Å². The lowest BCUT2D eigenvalue weighted by Crippen LogP contribution is -2.17. The second-order valence-electron chi connectivity index (χ2n) is 2.73. The highest BCUT2D eigenvalue weighted by molar-refractivity contribution is 7.98. The molecule has 0 aliphatic rings. The van der Waals surface area contributed by atoms with Crippen molar-refractivity contribution in [2.75, 3.05) is 6.26 Å². The first-order valence-electron chi connectivity index (χ1n) is 4.09. The van der Waals surface area contributed by atoms with Crippen LogP contribution in [0.3, 0.4) is 0 Å². The van der Waals surface area contributed by atoms with E-state index in [1.807, 2.05) is 6.26 Å². The van der Waals surface area contributed by atoms with E-state index in [9.17, 15) is 13.2 Å². The zero-order valence-corrected chi connectivity index (χ0v) is 8.78. The highest BCUT2D eigenvalue weighted by atomic mass is 32.2. The number of benzene rings is 1. The summed E-state index contributed by atoms with van der Waals surface area (Å²) in [6.07, 6.45) is -2.83. The van der Waals surface area contributed by atoms with E-state index in [0.29, 0.717) is 5.56 Å². The van der Waals surface area contributed by atoms with E-state index in [4.69, 9.17) is 5.73 Å². The number of alkyl halides is 3. The van der Waals surface area contributed by atoms with E-state index in [1.165, 1.54) is 23.9 Å². The molecule has 15 heavy (non-hydrogen) atoms. The third kappa shape index (κ3) is 3.64. The third-order valence-electron chi connectivity index (χ3n) is 1.71. The van der Waals surface area contributed by atoms with E-state index in [1.54, 1.807) is 6.07 Å². The van der Waals surface area contributed by atoms with Gasteiger partial charge in [0.1, 0.15) is 5.75 Å². The fourth-order valence-corrected chi connectivity index (χ4v) is 1.72. The Bertz CT molecular complexity index is 341. The van der Waals surface area contributed by atoms with Crippen LogP contribution in [0.1, 0.15) is 5.56 Å². The predicted molar refractivity (Wildman–Crippen MR) is 52.8 cm³/mol. The van der Waals surface area contributed by atoms with Gasteiger partial charge in [-0.2, -0.15) is 0 Å². The van der Waals surface area contributed by atoms with E-state index in [2.05, 4.69) is 4.74 Å². The van der Waals surface area contributed by atoms with Crippen molar-refractivity contribution in [3.63, 3.8) is 0 Å². The number of nitrogens with two attached hydrogens (primary N) is 1. The minimum Gasteiger partial charge on any atom is -0.406 e. The van der Waals surface area contributed by atoms with Crippen LogP contribution in [0.2, 0.25) is 0 Å². The SMILES string of the molecule is CSc1ccc(OC(F)(F)F)cc1CN. The first kappa shape index (κ1) is 12.2. The highest BCUT2D eigenvalue weighted by Crippen LogP contribution is 2.28. The van der Waals surface area contributed by atoms with E-state index in [-0.39, 0.29) is 12.3 Å². The number of hydrogen-bond donors (Lipinski definition) is 1. The van der Waals surface area contributed by atoms with Gasteiger partial charge in [0.25, 0.3) is 0 Å². The van der Waals surface area contributed by atoms with E-state index in [0.717, 1.165) is 4.90 Å². The van der Waals surface area contributed by atoms with Crippen molar-refractivity contribution in [2.24, 2.45) is 5.73 Å². The van der Waals surface area contributed by atoms with Gasteiger partial charge in [0, 0.05) is 11.4 Å². The van der Waals surface area contributed by atoms with Gasteiger partial charge in [-0.15, -0.1) is 24.9 Å². The first-order chi connectivity index (χ1) is 6.96. The van der Waals surface area contributed by atoms with Crippen molar-refractivity contribution in [1.29, 1.82) is 0 Å². The monoisotopic (exact) mass is 237 g/mol. The second-order valence-corrected chi connectivity index (χ2v) is 3.57. The number of ether oxygens (including phenoxy) is 1. The molecule has 2 N–H and O–H groups in total. The van der Waals surface area contributed by atoms with E-state index >= 15 is 0 Å². The average molecular weight is 237 g/mol. The summed E-state index contributed by atoms with van der Waals surface area (Å²) in [4.78, 5) is 0.854. The van der Waals surface area contributed by atoms with Gasteiger partial charge < -0.3 is 10.5 Å². The first-order valence-corrected chi connectivity index (χ1v) is 5.31. The molecule has 1 aromatic carbocycles. The molecule has 1 aromatic rings. The van der Waals surface area contributed by atoms with Gasteiger partial charge in [-0.3, -0.25) is 0 Å². The molecule has 0 atom stereocenters. The molecule has 0 aliphatic carbocycles. The van der Waals surface area contributed by atoms with Crippen LogP contribution in [0.5, 0.6) is 5.75 Å². The maximum absolute atomic E-state index is 11.9. The summed E-state index contributed by atoms with van der Waals surface area (Å²) in [5.41, 5.74) is 6.05. The largest absolute Gasteiger partial charge is 0.573 e. The van der Waals surface area contributed by atoms with Gasteiger partial charge in [0.15, 0.2) is 0 Å². The number of rotatable bonds is 3. The number of halogens is 3. The lowest BCUT2D eigenvalue weighted by atomic mass is 10.2. The predicted octanol–water partition coefficient (Wildman–Crippen LogP) is 2.77.